The van der Waals surface area contributed by atoms with E-state index in [4.69, 9.17) is 11.6 Å². The lowest BCUT2D eigenvalue weighted by Gasteiger charge is -2.18. The molecule has 0 radical (unpaired) electrons. The van der Waals surface area contributed by atoms with Crippen LogP contribution in [0.15, 0.2) is 29.3 Å². The van der Waals surface area contributed by atoms with E-state index in [-0.39, 0.29) is 0 Å². The van der Waals surface area contributed by atoms with Crippen molar-refractivity contribution in [3.05, 3.63) is 34.9 Å². The Labute approximate surface area is 130 Å². The smallest absolute Gasteiger partial charge is 0.191 e. The molecule has 0 aromatic heterocycles. The molecular weight excluding hydrogens is 290 g/mol. The van der Waals surface area contributed by atoms with Crippen molar-refractivity contribution >= 4 is 29.3 Å². The second-order valence-corrected chi connectivity index (χ2v) is 6.67. The van der Waals surface area contributed by atoms with E-state index in [0.717, 1.165) is 23.4 Å². The fraction of sp³-hybridized carbons (Fsp3) is 0.533. The predicted molar refractivity (Wildman–Crippen MR) is 89.8 cm³/mol. The predicted octanol–water partition coefficient (Wildman–Crippen LogP) is 3.32. The molecule has 3 atom stereocenters. The van der Waals surface area contributed by atoms with Crippen LogP contribution in [0.25, 0.3) is 0 Å². The van der Waals surface area contributed by atoms with Crippen molar-refractivity contribution in [1.82, 2.24) is 10.6 Å². The van der Waals surface area contributed by atoms with E-state index < -0.39 is 0 Å². The second-order valence-electron chi connectivity index (χ2n) is 5.20. The molecule has 0 heterocycles. The first-order valence-corrected chi connectivity index (χ1v) is 8.56. The molecule has 1 aromatic rings. The normalized spacial score (nSPS) is 23.3. The first-order chi connectivity index (χ1) is 9.63. The van der Waals surface area contributed by atoms with Crippen LogP contribution in [-0.4, -0.2) is 31.8 Å². The summed E-state index contributed by atoms with van der Waals surface area (Å²) in [6, 6.07) is 8.64. The van der Waals surface area contributed by atoms with E-state index in [2.05, 4.69) is 34.9 Å². The van der Waals surface area contributed by atoms with Crippen LogP contribution in [-0.2, 0) is 0 Å². The summed E-state index contributed by atoms with van der Waals surface area (Å²) in [5.74, 6) is 1.65. The third-order valence-electron chi connectivity index (χ3n) is 3.62. The van der Waals surface area contributed by atoms with Gasteiger partial charge in [0.15, 0.2) is 5.96 Å². The van der Waals surface area contributed by atoms with Gasteiger partial charge in [0.1, 0.15) is 0 Å². The molecule has 0 aliphatic heterocycles. The van der Waals surface area contributed by atoms with Gasteiger partial charge >= 0.3 is 0 Å². The number of hydrogen-bond donors (Lipinski definition) is 2. The highest BCUT2D eigenvalue weighted by Crippen LogP contribution is 2.29. The molecule has 20 heavy (non-hydrogen) atoms. The van der Waals surface area contributed by atoms with Gasteiger partial charge in [0.2, 0.25) is 0 Å². The summed E-state index contributed by atoms with van der Waals surface area (Å²) in [5.41, 5.74) is 1.24. The number of thioether (sulfide) groups is 1. The van der Waals surface area contributed by atoms with Gasteiger partial charge in [-0.15, -0.1) is 0 Å². The molecule has 0 amide bonds. The van der Waals surface area contributed by atoms with Crippen molar-refractivity contribution in [1.29, 1.82) is 0 Å². The SMILES string of the molecule is CN=C(NCC(SC)c1cccc(Cl)c1)NC1CC1C. The molecular formula is C15H22ClN3S. The van der Waals surface area contributed by atoms with Crippen LogP contribution in [0.1, 0.15) is 24.2 Å². The maximum atomic E-state index is 6.06. The van der Waals surface area contributed by atoms with Crippen LogP contribution < -0.4 is 10.6 Å². The van der Waals surface area contributed by atoms with E-state index in [1.54, 1.807) is 0 Å². The average molecular weight is 312 g/mol. The van der Waals surface area contributed by atoms with Crippen LogP contribution >= 0.6 is 23.4 Å². The van der Waals surface area contributed by atoms with Crippen molar-refractivity contribution in [2.45, 2.75) is 24.6 Å². The zero-order valence-corrected chi connectivity index (χ0v) is 13.8. The van der Waals surface area contributed by atoms with E-state index >= 15 is 0 Å². The van der Waals surface area contributed by atoms with E-state index in [1.807, 2.05) is 37.0 Å². The number of hydrogen-bond acceptors (Lipinski definition) is 2. The summed E-state index contributed by atoms with van der Waals surface area (Å²) in [6.07, 6.45) is 3.35. The molecule has 3 unspecified atom stereocenters. The first kappa shape index (κ1) is 15.5. The molecule has 1 aromatic carbocycles. The van der Waals surface area contributed by atoms with Crippen molar-refractivity contribution in [2.75, 3.05) is 19.8 Å². The third kappa shape index (κ3) is 4.32. The monoisotopic (exact) mass is 311 g/mol. The van der Waals surface area contributed by atoms with Gasteiger partial charge < -0.3 is 10.6 Å². The minimum absolute atomic E-state index is 0.365. The molecule has 3 nitrogen and oxygen atoms in total. The summed E-state index contributed by atoms with van der Waals surface area (Å²) in [5, 5.41) is 7.99. The first-order valence-electron chi connectivity index (χ1n) is 6.89. The maximum Gasteiger partial charge on any atom is 0.191 e. The lowest BCUT2D eigenvalue weighted by Crippen LogP contribution is -2.40. The van der Waals surface area contributed by atoms with Crippen molar-refractivity contribution in [3.8, 4) is 0 Å². The highest BCUT2D eigenvalue weighted by molar-refractivity contribution is 7.98. The van der Waals surface area contributed by atoms with Gasteiger partial charge in [-0.25, -0.2) is 0 Å². The maximum absolute atomic E-state index is 6.06. The van der Waals surface area contributed by atoms with Crippen molar-refractivity contribution in [2.24, 2.45) is 10.9 Å². The number of rotatable bonds is 5. The lowest BCUT2D eigenvalue weighted by molar-refractivity contribution is 0.753. The zero-order valence-electron chi connectivity index (χ0n) is 12.2. The van der Waals surface area contributed by atoms with Gasteiger partial charge in [-0.2, -0.15) is 11.8 Å². The quantitative estimate of drug-likeness (QED) is 0.647. The molecule has 1 aliphatic rings. The fourth-order valence-electron chi connectivity index (χ4n) is 2.13. The van der Waals surface area contributed by atoms with E-state index in [0.29, 0.717) is 11.3 Å². The number of benzene rings is 1. The number of nitrogens with zero attached hydrogens (tertiary/aromatic N) is 1. The molecule has 0 bridgehead atoms. The van der Waals surface area contributed by atoms with Gasteiger partial charge in [0.25, 0.3) is 0 Å². The van der Waals surface area contributed by atoms with Gasteiger partial charge in [0, 0.05) is 29.9 Å². The summed E-state index contributed by atoms with van der Waals surface area (Å²) in [7, 11) is 1.82. The highest BCUT2D eigenvalue weighted by Gasteiger charge is 2.33. The number of aliphatic imine (C=N–C) groups is 1. The van der Waals surface area contributed by atoms with Crippen LogP contribution in [0.4, 0.5) is 0 Å². The van der Waals surface area contributed by atoms with Crippen LogP contribution in [0.5, 0.6) is 0 Å². The Balaban J connectivity index is 1.89. The van der Waals surface area contributed by atoms with E-state index in [9.17, 15) is 0 Å². The Hall–Kier alpha value is -0.870. The minimum atomic E-state index is 0.365. The Morgan fingerprint density at radius 3 is 2.85 bits per heavy atom. The highest BCUT2D eigenvalue weighted by atomic mass is 35.5. The lowest BCUT2D eigenvalue weighted by atomic mass is 10.1. The summed E-state index contributed by atoms with van der Waals surface area (Å²) in [6.45, 7) is 3.09. The molecule has 110 valence electrons. The number of guanidine groups is 1. The third-order valence-corrected chi connectivity index (χ3v) is 4.86. The number of nitrogens with one attached hydrogen (secondary N) is 2. The molecule has 1 aliphatic carbocycles. The number of halogens is 1. The van der Waals surface area contributed by atoms with Gasteiger partial charge in [-0.05, 0) is 36.3 Å². The Bertz CT molecular complexity index is 478. The molecule has 2 N–H and O–H groups in total. The van der Waals surface area contributed by atoms with Gasteiger partial charge in [-0.3, -0.25) is 4.99 Å². The Morgan fingerprint density at radius 1 is 1.55 bits per heavy atom. The molecule has 1 saturated carbocycles. The molecule has 1 fully saturated rings. The largest absolute Gasteiger partial charge is 0.355 e. The topological polar surface area (TPSA) is 36.4 Å². The Kier molecular flexibility index (Phi) is 5.61. The zero-order chi connectivity index (χ0) is 14.5. The summed E-state index contributed by atoms with van der Waals surface area (Å²) >= 11 is 7.88. The van der Waals surface area contributed by atoms with Crippen LogP contribution in [0.2, 0.25) is 5.02 Å². The summed E-state index contributed by atoms with van der Waals surface area (Å²) < 4.78 is 0. The second kappa shape index (κ2) is 7.23. The van der Waals surface area contributed by atoms with Crippen molar-refractivity contribution in [3.63, 3.8) is 0 Å². The molecule has 0 saturated heterocycles. The van der Waals surface area contributed by atoms with Crippen LogP contribution in [0, 0.1) is 5.92 Å². The fourth-order valence-corrected chi connectivity index (χ4v) is 2.99. The standard InChI is InChI=1S/C15H22ClN3S/c1-10-7-13(10)19-15(17-2)18-9-14(20-3)11-5-4-6-12(16)8-11/h4-6,8,10,13-14H,7,9H2,1-3H3,(H2,17,18,19). The molecule has 2 rings (SSSR count). The summed E-state index contributed by atoms with van der Waals surface area (Å²) in [4.78, 5) is 4.28. The van der Waals surface area contributed by atoms with Gasteiger partial charge in [0.05, 0.1) is 0 Å². The molecule has 0 spiro atoms. The molecule has 5 heteroatoms. The van der Waals surface area contributed by atoms with Gasteiger partial charge in [-0.1, -0.05) is 30.7 Å². The van der Waals surface area contributed by atoms with E-state index in [1.165, 1.54) is 12.0 Å². The Morgan fingerprint density at radius 2 is 2.30 bits per heavy atom. The van der Waals surface area contributed by atoms with Crippen molar-refractivity contribution < 1.29 is 0 Å². The van der Waals surface area contributed by atoms with Crippen LogP contribution in [0.3, 0.4) is 0 Å². The average Bonchev–Trinajstić information content (AvgIpc) is 3.13. The minimum Gasteiger partial charge on any atom is -0.355 e.